The number of aliphatic hydroxyl groups excluding tert-OH is 2. The van der Waals surface area contributed by atoms with E-state index in [1.165, 1.54) is 19.3 Å². The number of carbonyl (C=O) groups excluding carboxylic acids is 1. The van der Waals surface area contributed by atoms with E-state index in [0.29, 0.717) is 41.9 Å². The van der Waals surface area contributed by atoms with Crippen LogP contribution >= 0.6 is 0 Å². The Morgan fingerprint density at radius 3 is 2.48 bits per heavy atom. The molecule has 0 aromatic rings. The quantitative estimate of drug-likeness (QED) is 0.642. The standard InChI is InChI=1S/C24H40O4.Na/c1-14(4-9-22(27)28)18-7-8-19-17-6-5-15-12-16(25)10-11-23(15,2)20(17)13-21(26)24(18,19)3;/h14-21,25-26H,4-13H2,1-3H3,(H,27,28);/q;+1/p-1. The largest absolute Gasteiger partial charge is 1.00 e. The first-order valence-electron chi connectivity index (χ1n) is 11.7. The average molecular weight is 415 g/mol. The van der Waals surface area contributed by atoms with Gasteiger partial charge in [0.05, 0.1) is 12.2 Å². The van der Waals surface area contributed by atoms with Crippen molar-refractivity contribution in [1.29, 1.82) is 0 Å². The minimum atomic E-state index is -0.957. The average Bonchev–Trinajstić information content (AvgIpc) is 3.00. The zero-order valence-corrected chi connectivity index (χ0v) is 20.9. The van der Waals surface area contributed by atoms with Crippen molar-refractivity contribution in [2.24, 2.45) is 46.3 Å². The molecule has 10 unspecified atom stereocenters. The van der Waals surface area contributed by atoms with E-state index in [1.807, 2.05) is 0 Å². The number of aliphatic hydroxyl groups is 2. The molecule has 0 radical (unpaired) electrons. The maximum absolute atomic E-state index is 11.5. The van der Waals surface area contributed by atoms with E-state index >= 15 is 0 Å². The van der Waals surface area contributed by atoms with Gasteiger partial charge in [0.2, 0.25) is 0 Å². The van der Waals surface area contributed by atoms with Gasteiger partial charge >= 0.3 is 29.6 Å². The first-order chi connectivity index (χ1) is 13.2. The van der Waals surface area contributed by atoms with E-state index in [0.717, 1.165) is 32.1 Å². The summed E-state index contributed by atoms with van der Waals surface area (Å²) in [6, 6.07) is 0. The van der Waals surface area contributed by atoms with Crippen LogP contribution < -0.4 is 34.7 Å². The van der Waals surface area contributed by atoms with Gasteiger partial charge in [-0.15, -0.1) is 0 Å². The predicted molar refractivity (Wildman–Crippen MR) is 106 cm³/mol. The molecule has 0 amide bonds. The molecule has 0 aliphatic heterocycles. The van der Waals surface area contributed by atoms with Gasteiger partial charge in [0.25, 0.3) is 0 Å². The van der Waals surface area contributed by atoms with E-state index in [9.17, 15) is 20.1 Å². The second kappa shape index (κ2) is 8.73. The Morgan fingerprint density at radius 1 is 1.07 bits per heavy atom. The van der Waals surface area contributed by atoms with Crippen molar-refractivity contribution >= 4 is 5.97 Å². The first-order valence-corrected chi connectivity index (χ1v) is 11.7. The molecule has 4 saturated carbocycles. The summed E-state index contributed by atoms with van der Waals surface area (Å²) in [7, 11) is 0. The topological polar surface area (TPSA) is 80.6 Å². The van der Waals surface area contributed by atoms with Crippen LogP contribution in [0, 0.1) is 46.3 Å². The second-order valence-corrected chi connectivity index (χ2v) is 11.3. The van der Waals surface area contributed by atoms with Crippen molar-refractivity contribution in [1.82, 2.24) is 0 Å². The van der Waals surface area contributed by atoms with Gasteiger partial charge in [0, 0.05) is 5.97 Å². The van der Waals surface area contributed by atoms with Crippen LogP contribution in [0.1, 0.15) is 85.0 Å². The van der Waals surface area contributed by atoms with Gasteiger partial charge in [-0.05, 0) is 111 Å². The third-order valence-electron chi connectivity index (χ3n) is 10.3. The SMILES string of the molecule is CC(CCC(=O)[O-])C1CCC2C3CCC4CC(O)CCC4(C)C3CC(O)C12C.[Na+]. The van der Waals surface area contributed by atoms with Gasteiger partial charge in [0.15, 0.2) is 0 Å². The molecule has 4 fully saturated rings. The molecule has 0 aromatic carbocycles. The smallest absolute Gasteiger partial charge is 0.550 e. The molecule has 0 heterocycles. The number of aliphatic carboxylic acids is 1. The Bertz CT molecular complexity index is 612. The second-order valence-electron chi connectivity index (χ2n) is 11.3. The minimum absolute atomic E-state index is 0. The summed E-state index contributed by atoms with van der Waals surface area (Å²) < 4.78 is 0. The molecule has 0 spiro atoms. The van der Waals surface area contributed by atoms with Crippen LogP contribution in [0.4, 0.5) is 0 Å². The van der Waals surface area contributed by atoms with Crippen molar-refractivity contribution in [2.75, 3.05) is 0 Å². The molecule has 4 nitrogen and oxygen atoms in total. The number of carbonyl (C=O) groups is 1. The van der Waals surface area contributed by atoms with Gasteiger partial charge in [-0.2, -0.15) is 0 Å². The molecule has 4 rings (SSSR count). The third-order valence-corrected chi connectivity index (χ3v) is 10.3. The Kier molecular flexibility index (Phi) is 7.24. The molecule has 4 aliphatic rings. The number of carboxylic acid groups (broad SMARTS) is 1. The Labute approximate surface area is 198 Å². The number of carboxylic acids is 1. The molecule has 5 heteroatoms. The fourth-order valence-electron chi connectivity index (χ4n) is 8.71. The van der Waals surface area contributed by atoms with Gasteiger partial charge in [-0.3, -0.25) is 0 Å². The van der Waals surface area contributed by atoms with Crippen LogP contribution in [0.2, 0.25) is 0 Å². The number of fused-ring (bicyclic) bond motifs is 5. The molecule has 2 N–H and O–H groups in total. The van der Waals surface area contributed by atoms with Crippen LogP contribution in [-0.4, -0.2) is 28.4 Å². The third kappa shape index (κ3) is 3.88. The number of hydrogen-bond acceptors (Lipinski definition) is 4. The molecule has 29 heavy (non-hydrogen) atoms. The number of hydrogen-bond donors (Lipinski definition) is 2. The van der Waals surface area contributed by atoms with Crippen LogP contribution in [0.25, 0.3) is 0 Å². The Hall–Kier alpha value is 0.390. The zero-order chi connectivity index (χ0) is 20.3. The summed E-state index contributed by atoms with van der Waals surface area (Å²) >= 11 is 0. The fourth-order valence-corrected chi connectivity index (χ4v) is 8.71. The van der Waals surface area contributed by atoms with Crippen molar-refractivity contribution in [2.45, 2.75) is 97.2 Å². The summed E-state index contributed by atoms with van der Waals surface area (Å²) in [6.07, 6.45) is 8.98. The van der Waals surface area contributed by atoms with Crippen LogP contribution in [0.3, 0.4) is 0 Å². The molecular formula is C24H39NaO4. The summed E-state index contributed by atoms with van der Waals surface area (Å²) in [5, 5.41) is 32.6. The zero-order valence-electron chi connectivity index (χ0n) is 18.9. The molecule has 160 valence electrons. The normalized spacial score (nSPS) is 49.9. The van der Waals surface area contributed by atoms with Crippen LogP contribution in [-0.2, 0) is 4.79 Å². The molecule has 0 bridgehead atoms. The Balaban J connectivity index is 0.00000240. The number of rotatable bonds is 4. The first kappa shape index (κ1) is 24.0. The molecule has 10 atom stereocenters. The summed E-state index contributed by atoms with van der Waals surface area (Å²) in [4.78, 5) is 10.9. The minimum Gasteiger partial charge on any atom is -0.550 e. The van der Waals surface area contributed by atoms with Crippen molar-refractivity contribution in [3.8, 4) is 0 Å². The van der Waals surface area contributed by atoms with Gasteiger partial charge in [0.1, 0.15) is 0 Å². The molecular weight excluding hydrogens is 375 g/mol. The van der Waals surface area contributed by atoms with Crippen LogP contribution in [0.5, 0.6) is 0 Å². The van der Waals surface area contributed by atoms with E-state index in [1.54, 1.807) is 0 Å². The molecule has 0 saturated heterocycles. The summed E-state index contributed by atoms with van der Waals surface area (Å²) in [6.45, 7) is 6.94. The van der Waals surface area contributed by atoms with E-state index in [2.05, 4.69) is 20.8 Å². The van der Waals surface area contributed by atoms with Crippen LogP contribution in [0.15, 0.2) is 0 Å². The maximum Gasteiger partial charge on any atom is 1.00 e. The maximum atomic E-state index is 11.5. The summed E-state index contributed by atoms with van der Waals surface area (Å²) in [5.74, 6) is 2.19. The van der Waals surface area contributed by atoms with E-state index in [-0.39, 0.29) is 59.0 Å². The fraction of sp³-hybridized carbons (Fsp3) is 0.958. The van der Waals surface area contributed by atoms with Gasteiger partial charge in [-0.25, -0.2) is 0 Å². The van der Waals surface area contributed by atoms with Gasteiger partial charge in [-0.1, -0.05) is 20.8 Å². The molecule has 0 aromatic heterocycles. The van der Waals surface area contributed by atoms with Crippen molar-refractivity contribution in [3.63, 3.8) is 0 Å². The van der Waals surface area contributed by atoms with Crippen molar-refractivity contribution in [3.05, 3.63) is 0 Å². The van der Waals surface area contributed by atoms with E-state index < -0.39 is 5.97 Å². The van der Waals surface area contributed by atoms with E-state index in [4.69, 9.17) is 0 Å². The monoisotopic (exact) mass is 414 g/mol. The summed E-state index contributed by atoms with van der Waals surface area (Å²) in [5.41, 5.74) is 0.188. The van der Waals surface area contributed by atoms with Crippen molar-refractivity contribution < 1.29 is 49.7 Å². The Morgan fingerprint density at radius 2 is 1.79 bits per heavy atom. The van der Waals surface area contributed by atoms with Gasteiger partial charge < -0.3 is 20.1 Å². The molecule has 4 aliphatic carbocycles. The predicted octanol–water partition coefficient (Wildman–Crippen LogP) is 0.147.